The number of carbonyl (C=O) groups is 1. The molecule has 9 heavy (non-hydrogen) atoms. The number of primary amides is 1. The lowest BCUT2D eigenvalue weighted by Gasteiger charge is -2.32. The second-order valence-corrected chi connectivity index (χ2v) is 2.15. The molecule has 1 amide bonds. The average Bonchev–Trinajstić information content (AvgIpc) is 1.60. The Morgan fingerprint density at radius 3 is 2.22 bits per heavy atom. The van der Waals surface area contributed by atoms with E-state index in [9.17, 15) is 4.79 Å². The number of amides is 1. The zero-order valence-electron chi connectivity index (χ0n) is 5.26. The van der Waals surface area contributed by atoms with Gasteiger partial charge in [0, 0.05) is 13.1 Å². The molecule has 0 aromatic rings. The van der Waals surface area contributed by atoms with Crippen LogP contribution in [0, 0.1) is 0 Å². The molecule has 1 aliphatic heterocycles. The van der Waals surface area contributed by atoms with Crippen molar-refractivity contribution in [3.05, 3.63) is 12.3 Å². The first-order valence-corrected chi connectivity index (χ1v) is 2.95. The Morgan fingerprint density at radius 1 is 1.56 bits per heavy atom. The third-order valence-corrected chi connectivity index (χ3v) is 1.52. The molecule has 0 unspecified atom stereocenters. The second-order valence-electron chi connectivity index (χ2n) is 2.15. The minimum Gasteiger partial charge on any atom is -0.367 e. The van der Waals surface area contributed by atoms with E-state index in [-0.39, 0.29) is 0 Å². The first kappa shape index (κ1) is 6.13. The van der Waals surface area contributed by atoms with E-state index in [1.807, 2.05) is 4.90 Å². The smallest absolute Gasteiger partial charge is 0.264 e. The van der Waals surface area contributed by atoms with Crippen LogP contribution in [0.1, 0.15) is 6.42 Å². The van der Waals surface area contributed by atoms with Crippen LogP contribution in [-0.4, -0.2) is 23.9 Å². The van der Waals surface area contributed by atoms with Crippen LogP contribution in [0.15, 0.2) is 12.3 Å². The maximum Gasteiger partial charge on any atom is 0.264 e. The molecule has 50 valence electrons. The van der Waals surface area contributed by atoms with E-state index in [0.717, 1.165) is 19.5 Å². The number of nitrogens with zero attached hydrogens (tertiary/aromatic N) is 1. The fourth-order valence-electron chi connectivity index (χ4n) is 0.742. The van der Waals surface area contributed by atoms with Crippen molar-refractivity contribution in [1.82, 2.24) is 4.90 Å². The van der Waals surface area contributed by atoms with Gasteiger partial charge in [0.25, 0.3) is 5.91 Å². The van der Waals surface area contributed by atoms with Crippen LogP contribution in [0.2, 0.25) is 0 Å². The Kier molecular flexibility index (Phi) is 1.42. The Hall–Kier alpha value is -0.990. The van der Waals surface area contributed by atoms with Gasteiger partial charge in [0.1, 0.15) is 0 Å². The average molecular weight is 126 g/mol. The summed E-state index contributed by atoms with van der Waals surface area (Å²) in [4.78, 5) is 12.3. The third kappa shape index (κ3) is 1.04. The standard InChI is InChI=1S/C6H10N2O/c1-5(6(7)9)8-3-2-4-8/h1-4H2,(H2,7,9). The van der Waals surface area contributed by atoms with Gasteiger partial charge in [0.2, 0.25) is 0 Å². The van der Waals surface area contributed by atoms with Gasteiger partial charge in [-0.25, -0.2) is 0 Å². The van der Waals surface area contributed by atoms with Crippen LogP contribution in [-0.2, 0) is 4.79 Å². The lowest BCUT2D eigenvalue weighted by molar-refractivity contribution is -0.116. The molecule has 3 nitrogen and oxygen atoms in total. The number of nitrogens with two attached hydrogens (primary N) is 1. The highest BCUT2D eigenvalue weighted by atomic mass is 16.1. The molecule has 0 aliphatic carbocycles. The van der Waals surface area contributed by atoms with Crippen molar-refractivity contribution in [2.75, 3.05) is 13.1 Å². The largest absolute Gasteiger partial charge is 0.367 e. The van der Waals surface area contributed by atoms with Gasteiger partial charge in [-0.15, -0.1) is 0 Å². The van der Waals surface area contributed by atoms with E-state index in [2.05, 4.69) is 6.58 Å². The highest BCUT2D eigenvalue weighted by Gasteiger charge is 2.17. The molecule has 0 aromatic heterocycles. The summed E-state index contributed by atoms with van der Waals surface area (Å²) in [5, 5.41) is 0. The first-order chi connectivity index (χ1) is 4.22. The van der Waals surface area contributed by atoms with Crippen molar-refractivity contribution in [3.63, 3.8) is 0 Å². The third-order valence-electron chi connectivity index (χ3n) is 1.52. The van der Waals surface area contributed by atoms with Gasteiger partial charge in [-0.2, -0.15) is 0 Å². The topological polar surface area (TPSA) is 46.3 Å². The Balaban J connectivity index is 2.42. The maximum atomic E-state index is 10.4. The van der Waals surface area contributed by atoms with Crippen molar-refractivity contribution >= 4 is 5.91 Å². The van der Waals surface area contributed by atoms with Gasteiger partial charge in [0.05, 0.1) is 5.70 Å². The van der Waals surface area contributed by atoms with Crippen LogP contribution in [0.5, 0.6) is 0 Å². The quantitative estimate of drug-likeness (QED) is 0.516. The van der Waals surface area contributed by atoms with Gasteiger partial charge in [0.15, 0.2) is 0 Å². The summed E-state index contributed by atoms with van der Waals surface area (Å²) in [6.45, 7) is 5.39. The summed E-state index contributed by atoms with van der Waals surface area (Å²) < 4.78 is 0. The van der Waals surface area contributed by atoms with Crippen LogP contribution in [0.25, 0.3) is 0 Å². The summed E-state index contributed by atoms with van der Waals surface area (Å²) in [6, 6.07) is 0. The maximum absolute atomic E-state index is 10.4. The molecule has 1 fully saturated rings. The van der Waals surface area contributed by atoms with E-state index in [4.69, 9.17) is 5.73 Å². The predicted molar refractivity (Wildman–Crippen MR) is 34.5 cm³/mol. The molecule has 2 N–H and O–H groups in total. The van der Waals surface area contributed by atoms with Gasteiger partial charge in [-0.1, -0.05) is 6.58 Å². The van der Waals surface area contributed by atoms with E-state index in [1.165, 1.54) is 0 Å². The molecular weight excluding hydrogens is 116 g/mol. The Labute approximate surface area is 54.1 Å². The summed E-state index contributed by atoms with van der Waals surface area (Å²) in [7, 11) is 0. The summed E-state index contributed by atoms with van der Waals surface area (Å²) in [6.07, 6.45) is 1.15. The molecule has 1 saturated heterocycles. The second kappa shape index (κ2) is 2.09. The number of rotatable bonds is 2. The van der Waals surface area contributed by atoms with Crippen LogP contribution >= 0.6 is 0 Å². The zero-order valence-corrected chi connectivity index (χ0v) is 5.26. The molecule has 0 spiro atoms. The van der Waals surface area contributed by atoms with Crippen LogP contribution < -0.4 is 5.73 Å². The van der Waals surface area contributed by atoms with E-state index >= 15 is 0 Å². The Bertz CT molecular complexity index is 149. The fraction of sp³-hybridized carbons (Fsp3) is 0.500. The zero-order chi connectivity index (χ0) is 6.85. The van der Waals surface area contributed by atoms with E-state index in [1.54, 1.807) is 0 Å². The highest BCUT2D eigenvalue weighted by Crippen LogP contribution is 2.11. The molecule has 0 aromatic carbocycles. The normalized spacial score (nSPS) is 16.7. The van der Waals surface area contributed by atoms with Gasteiger partial charge in [-0.05, 0) is 6.42 Å². The molecule has 0 atom stereocenters. The number of carbonyl (C=O) groups excluding carboxylic acids is 1. The first-order valence-electron chi connectivity index (χ1n) is 2.95. The monoisotopic (exact) mass is 126 g/mol. The van der Waals surface area contributed by atoms with Crippen molar-refractivity contribution < 1.29 is 4.79 Å². The van der Waals surface area contributed by atoms with Crippen LogP contribution in [0.4, 0.5) is 0 Å². The molecule has 0 radical (unpaired) electrons. The minimum absolute atomic E-state index is 0.408. The molecule has 0 saturated carbocycles. The SMILES string of the molecule is C=C(C(N)=O)N1CCC1. The Morgan fingerprint density at radius 2 is 2.11 bits per heavy atom. The van der Waals surface area contributed by atoms with E-state index in [0.29, 0.717) is 5.70 Å². The van der Waals surface area contributed by atoms with Crippen molar-refractivity contribution in [3.8, 4) is 0 Å². The minimum atomic E-state index is -0.408. The molecule has 0 bridgehead atoms. The number of hydrogen-bond donors (Lipinski definition) is 1. The summed E-state index contributed by atoms with van der Waals surface area (Å²) in [5.41, 5.74) is 5.41. The molecule has 3 heteroatoms. The molecular formula is C6H10N2O. The summed E-state index contributed by atoms with van der Waals surface area (Å²) in [5.74, 6) is -0.408. The highest BCUT2D eigenvalue weighted by molar-refractivity contribution is 5.90. The number of hydrogen-bond acceptors (Lipinski definition) is 2. The summed E-state index contributed by atoms with van der Waals surface area (Å²) >= 11 is 0. The molecule has 1 rings (SSSR count). The lowest BCUT2D eigenvalue weighted by Crippen LogP contribution is -2.40. The van der Waals surface area contributed by atoms with E-state index < -0.39 is 5.91 Å². The van der Waals surface area contributed by atoms with Gasteiger partial charge in [-0.3, -0.25) is 4.79 Å². The predicted octanol–water partition coefficient (Wildman–Crippen LogP) is -0.309. The lowest BCUT2D eigenvalue weighted by atomic mass is 10.2. The van der Waals surface area contributed by atoms with Crippen LogP contribution in [0.3, 0.4) is 0 Å². The fourth-order valence-corrected chi connectivity index (χ4v) is 0.742. The van der Waals surface area contributed by atoms with Crippen molar-refractivity contribution in [2.45, 2.75) is 6.42 Å². The van der Waals surface area contributed by atoms with Gasteiger partial charge < -0.3 is 10.6 Å². The molecule has 1 heterocycles. The van der Waals surface area contributed by atoms with Crippen molar-refractivity contribution in [2.24, 2.45) is 5.73 Å². The number of likely N-dealkylation sites (tertiary alicyclic amines) is 1. The van der Waals surface area contributed by atoms with Gasteiger partial charge >= 0.3 is 0 Å². The molecule has 1 aliphatic rings. The van der Waals surface area contributed by atoms with Crippen molar-refractivity contribution in [1.29, 1.82) is 0 Å².